The van der Waals surface area contributed by atoms with Gasteiger partial charge in [-0.3, -0.25) is 14.7 Å². The number of H-pyrrole nitrogens is 1. The highest BCUT2D eigenvalue weighted by atomic mass is 35.5. The van der Waals surface area contributed by atoms with Crippen molar-refractivity contribution in [2.24, 2.45) is 0 Å². The number of hydrogen-bond donors (Lipinski definition) is 5. The number of hydrogen-bond acceptors (Lipinski definition) is 5. The highest BCUT2D eigenvalue weighted by Gasteiger charge is 2.19. The molecular weight excluding hydrogens is 370 g/mol. The average Bonchev–Trinajstić information content (AvgIpc) is 3.13. The summed E-state index contributed by atoms with van der Waals surface area (Å²) in [5, 5.41) is 22.6. The number of amides is 2. The second-order valence-corrected chi connectivity index (χ2v) is 6.31. The predicted molar refractivity (Wildman–Crippen MR) is 103 cm³/mol. The maximum atomic E-state index is 12.5. The van der Waals surface area contributed by atoms with Gasteiger partial charge in [0.05, 0.1) is 40.5 Å². The predicted octanol–water partition coefficient (Wildman–Crippen LogP) is 1.32. The van der Waals surface area contributed by atoms with Gasteiger partial charge in [0, 0.05) is 17.6 Å². The van der Waals surface area contributed by atoms with Crippen molar-refractivity contribution >= 4 is 40.0 Å². The summed E-state index contributed by atoms with van der Waals surface area (Å²) in [6, 6.07) is 9.29. The van der Waals surface area contributed by atoms with E-state index in [1.54, 1.807) is 36.5 Å². The van der Waals surface area contributed by atoms with E-state index in [1.165, 1.54) is 0 Å². The first kappa shape index (κ1) is 18.7. The van der Waals surface area contributed by atoms with Crippen molar-refractivity contribution in [2.45, 2.75) is 6.04 Å². The molecule has 1 aromatic heterocycles. The lowest BCUT2D eigenvalue weighted by Crippen LogP contribution is -2.46. The van der Waals surface area contributed by atoms with E-state index in [-0.39, 0.29) is 29.4 Å². The number of aliphatic hydroxyl groups excluding tert-OH is 1. The molecule has 0 spiro atoms. The molecule has 9 heteroatoms. The molecule has 0 aliphatic rings. The molecule has 8 nitrogen and oxygen atoms in total. The maximum Gasteiger partial charge on any atom is 0.254 e. The largest absolute Gasteiger partial charge is 0.398 e. The van der Waals surface area contributed by atoms with Crippen LogP contribution in [0.4, 0.5) is 5.69 Å². The van der Waals surface area contributed by atoms with Gasteiger partial charge in [-0.25, -0.2) is 0 Å². The molecule has 0 aliphatic heterocycles. The number of benzene rings is 2. The first-order valence-corrected chi connectivity index (χ1v) is 8.55. The van der Waals surface area contributed by atoms with E-state index >= 15 is 0 Å². The Labute approximate surface area is 159 Å². The Morgan fingerprint density at radius 1 is 1.22 bits per heavy atom. The van der Waals surface area contributed by atoms with Gasteiger partial charge < -0.3 is 21.5 Å². The summed E-state index contributed by atoms with van der Waals surface area (Å²) in [7, 11) is 0. The molecule has 0 saturated heterocycles. The molecular formula is C18H18ClN5O3. The minimum Gasteiger partial charge on any atom is -0.398 e. The molecule has 2 aromatic carbocycles. The molecule has 1 atom stereocenters. The molecule has 0 bridgehead atoms. The van der Waals surface area contributed by atoms with Crippen LogP contribution < -0.4 is 16.4 Å². The van der Waals surface area contributed by atoms with Crippen molar-refractivity contribution in [1.82, 2.24) is 20.8 Å². The number of carbonyl (C=O) groups is 2. The van der Waals surface area contributed by atoms with Crippen LogP contribution >= 0.6 is 11.6 Å². The van der Waals surface area contributed by atoms with Gasteiger partial charge >= 0.3 is 0 Å². The summed E-state index contributed by atoms with van der Waals surface area (Å²) >= 11 is 6.01. The Hall–Kier alpha value is -3.10. The number of rotatable bonds is 6. The molecule has 0 saturated carbocycles. The van der Waals surface area contributed by atoms with Crippen LogP contribution in [0.25, 0.3) is 10.9 Å². The molecule has 6 N–H and O–H groups in total. The average molecular weight is 388 g/mol. The van der Waals surface area contributed by atoms with Crippen LogP contribution in [0.2, 0.25) is 5.02 Å². The summed E-state index contributed by atoms with van der Waals surface area (Å²) < 4.78 is 0. The topological polar surface area (TPSA) is 133 Å². The van der Waals surface area contributed by atoms with Crippen LogP contribution in [0.1, 0.15) is 20.7 Å². The monoisotopic (exact) mass is 387 g/mol. The molecule has 0 fully saturated rings. The number of nitrogens with zero attached hydrogens (tertiary/aromatic N) is 1. The first-order valence-electron chi connectivity index (χ1n) is 8.17. The number of fused-ring (bicyclic) bond motifs is 1. The molecule has 1 unspecified atom stereocenters. The third-order valence-corrected chi connectivity index (χ3v) is 4.37. The van der Waals surface area contributed by atoms with Crippen molar-refractivity contribution < 1.29 is 14.7 Å². The third kappa shape index (κ3) is 4.02. The van der Waals surface area contributed by atoms with Gasteiger partial charge in [-0.05, 0) is 18.2 Å². The number of aromatic amines is 1. The van der Waals surface area contributed by atoms with Crippen LogP contribution in [-0.2, 0) is 0 Å². The Balaban J connectivity index is 1.66. The fraction of sp³-hybridized carbons (Fsp3) is 0.167. The minimum absolute atomic E-state index is 0.00465. The highest BCUT2D eigenvalue weighted by Crippen LogP contribution is 2.21. The zero-order chi connectivity index (χ0) is 19.4. The molecule has 0 radical (unpaired) electrons. The fourth-order valence-electron chi connectivity index (χ4n) is 2.67. The van der Waals surface area contributed by atoms with Crippen molar-refractivity contribution in [3.05, 3.63) is 58.7 Å². The molecule has 0 aliphatic carbocycles. The Morgan fingerprint density at radius 2 is 2.00 bits per heavy atom. The van der Waals surface area contributed by atoms with Crippen molar-refractivity contribution in [3.63, 3.8) is 0 Å². The quantitative estimate of drug-likeness (QED) is 0.407. The van der Waals surface area contributed by atoms with E-state index in [0.717, 1.165) is 5.39 Å². The van der Waals surface area contributed by atoms with Gasteiger partial charge in [0.25, 0.3) is 11.8 Å². The minimum atomic E-state index is -0.691. The van der Waals surface area contributed by atoms with Crippen LogP contribution in [0.15, 0.2) is 42.6 Å². The lowest BCUT2D eigenvalue weighted by molar-refractivity contribution is 0.0889. The van der Waals surface area contributed by atoms with E-state index in [2.05, 4.69) is 20.8 Å². The number of carbonyl (C=O) groups excluding carboxylic acids is 2. The van der Waals surface area contributed by atoms with Gasteiger partial charge in [0.15, 0.2) is 0 Å². The summed E-state index contributed by atoms with van der Waals surface area (Å²) in [4.78, 5) is 24.8. The van der Waals surface area contributed by atoms with Gasteiger partial charge in [-0.15, -0.1) is 0 Å². The smallest absolute Gasteiger partial charge is 0.254 e. The van der Waals surface area contributed by atoms with E-state index in [4.69, 9.17) is 17.3 Å². The standard InChI is InChI=1S/C18H18ClN5O3/c19-13-5-2-6-14(20)15(13)18(27)21-8-11(9-25)23-17(26)12-4-1-3-10-7-22-24-16(10)12/h1-7,11,25H,8-9,20H2,(H,21,27)(H,22,24)(H,23,26). The zero-order valence-corrected chi connectivity index (χ0v) is 15.0. The number of nitrogens with two attached hydrogens (primary N) is 1. The van der Waals surface area contributed by atoms with E-state index in [9.17, 15) is 14.7 Å². The van der Waals surface area contributed by atoms with Crippen molar-refractivity contribution in [1.29, 1.82) is 0 Å². The Bertz CT molecular complexity index is 968. The van der Waals surface area contributed by atoms with Gasteiger partial charge in [-0.2, -0.15) is 5.10 Å². The number of halogens is 1. The summed E-state index contributed by atoms with van der Waals surface area (Å²) in [6.07, 6.45) is 1.61. The molecule has 27 heavy (non-hydrogen) atoms. The summed E-state index contributed by atoms with van der Waals surface area (Å²) in [5.41, 5.74) is 7.18. The second-order valence-electron chi connectivity index (χ2n) is 5.91. The third-order valence-electron chi connectivity index (χ3n) is 4.06. The van der Waals surface area contributed by atoms with Gasteiger partial charge in [0.2, 0.25) is 0 Å². The zero-order valence-electron chi connectivity index (χ0n) is 14.2. The van der Waals surface area contributed by atoms with Crippen LogP contribution in [0.5, 0.6) is 0 Å². The fourth-order valence-corrected chi connectivity index (χ4v) is 2.93. The highest BCUT2D eigenvalue weighted by molar-refractivity contribution is 6.34. The van der Waals surface area contributed by atoms with E-state index in [0.29, 0.717) is 11.1 Å². The summed E-state index contributed by atoms with van der Waals surface area (Å²) in [6.45, 7) is -0.354. The van der Waals surface area contributed by atoms with Crippen LogP contribution in [0, 0.1) is 0 Å². The van der Waals surface area contributed by atoms with Crippen molar-refractivity contribution in [3.8, 4) is 0 Å². The molecule has 3 rings (SSSR count). The number of para-hydroxylation sites is 1. The Morgan fingerprint density at radius 3 is 2.74 bits per heavy atom. The van der Waals surface area contributed by atoms with Gasteiger partial charge in [-0.1, -0.05) is 29.8 Å². The SMILES string of the molecule is Nc1cccc(Cl)c1C(=O)NCC(CO)NC(=O)c1cccc2cn[nH]c12. The number of anilines is 1. The summed E-state index contributed by atoms with van der Waals surface area (Å²) in [5.74, 6) is -0.878. The van der Waals surface area contributed by atoms with E-state index < -0.39 is 17.9 Å². The van der Waals surface area contributed by atoms with E-state index in [1.807, 2.05) is 6.07 Å². The Kier molecular flexibility index (Phi) is 5.58. The molecule has 1 heterocycles. The number of aromatic nitrogens is 2. The normalized spacial score (nSPS) is 11.9. The number of nitrogen functional groups attached to an aromatic ring is 1. The second kappa shape index (κ2) is 8.07. The number of aliphatic hydroxyl groups is 1. The number of nitrogens with one attached hydrogen (secondary N) is 3. The lowest BCUT2D eigenvalue weighted by Gasteiger charge is -2.18. The van der Waals surface area contributed by atoms with Crippen LogP contribution in [0.3, 0.4) is 0 Å². The van der Waals surface area contributed by atoms with Gasteiger partial charge in [0.1, 0.15) is 0 Å². The molecule has 3 aromatic rings. The lowest BCUT2D eigenvalue weighted by atomic mass is 10.1. The van der Waals surface area contributed by atoms with Crippen molar-refractivity contribution in [2.75, 3.05) is 18.9 Å². The van der Waals surface area contributed by atoms with Crippen LogP contribution in [-0.4, -0.2) is 46.3 Å². The first-order chi connectivity index (χ1) is 13.0. The maximum absolute atomic E-state index is 12.5. The molecule has 2 amide bonds. The molecule has 140 valence electrons.